The van der Waals surface area contributed by atoms with Gasteiger partial charge in [0.15, 0.2) is 12.8 Å². The van der Waals surface area contributed by atoms with E-state index in [4.69, 9.17) is 19.0 Å². The molecule has 0 spiro atoms. The van der Waals surface area contributed by atoms with Gasteiger partial charge in [0.25, 0.3) is 5.91 Å². The summed E-state index contributed by atoms with van der Waals surface area (Å²) < 4.78 is 16.3. The molecule has 0 bridgehead atoms. The van der Waals surface area contributed by atoms with Crippen LogP contribution >= 0.6 is 0 Å². The van der Waals surface area contributed by atoms with E-state index in [2.05, 4.69) is 21.1 Å². The molecule has 3 aliphatic rings. The summed E-state index contributed by atoms with van der Waals surface area (Å²) in [5.41, 5.74) is -0.302. The Kier molecular flexibility index (Phi) is 12.9. The number of oxime groups is 1. The summed E-state index contributed by atoms with van der Waals surface area (Å²) in [7, 11) is 1.42. The van der Waals surface area contributed by atoms with Gasteiger partial charge in [0.05, 0.1) is 19.3 Å². The number of carbonyl (C=O) groups is 5. The summed E-state index contributed by atoms with van der Waals surface area (Å²) in [5.74, 6) is -1.84. The van der Waals surface area contributed by atoms with Crippen molar-refractivity contribution >= 4 is 35.3 Å². The van der Waals surface area contributed by atoms with Crippen molar-refractivity contribution in [2.45, 2.75) is 109 Å². The van der Waals surface area contributed by atoms with Crippen molar-refractivity contribution in [2.75, 3.05) is 27.1 Å². The van der Waals surface area contributed by atoms with E-state index in [0.29, 0.717) is 31.4 Å². The quantitative estimate of drug-likeness (QED) is 0.267. The number of carbonyl (C=O) groups excluding carboxylic acids is 5. The summed E-state index contributed by atoms with van der Waals surface area (Å²) in [4.78, 5) is 74.6. The third-order valence-electron chi connectivity index (χ3n) is 8.55. The molecule has 5 atom stereocenters. The molecule has 2 heterocycles. The van der Waals surface area contributed by atoms with Gasteiger partial charge in [0.1, 0.15) is 23.9 Å². The minimum Gasteiger partial charge on any atom is -0.444 e. The second-order valence-electron chi connectivity index (χ2n) is 13.5. The fourth-order valence-corrected chi connectivity index (χ4v) is 5.71. The van der Waals surface area contributed by atoms with Crippen molar-refractivity contribution < 1.29 is 43.0 Å². The van der Waals surface area contributed by atoms with Gasteiger partial charge in [-0.15, -0.1) is 0 Å². The number of hydrogen-bond acceptors (Lipinski definition) is 10. The molecule has 4 amide bonds. The zero-order valence-corrected chi connectivity index (χ0v) is 28.5. The van der Waals surface area contributed by atoms with Crippen molar-refractivity contribution in [2.24, 2.45) is 10.6 Å². The number of benzene rings is 1. The molecule has 0 aromatic heterocycles. The molecule has 264 valence electrons. The Balaban J connectivity index is 1.61. The van der Waals surface area contributed by atoms with E-state index >= 15 is 0 Å². The lowest BCUT2D eigenvalue weighted by Crippen LogP contribution is -2.62. The van der Waals surface area contributed by atoms with E-state index in [9.17, 15) is 24.0 Å². The normalized spacial score (nSPS) is 22.8. The molecule has 14 heteroatoms. The summed E-state index contributed by atoms with van der Waals surface area (Å²) >= 11 is 0. The van der Waals surface area contributed by atoms with E-state index in [-0.39, 0.29) is 42.9 Å². The summed E-state index contributed by atoms with van der Waals surface area (Å²) in [6, 6.07) is 5.70. The van der Waals surface area contributed by atoms with Crippen LogP contribution in [0, 0.1) is 5.41 Å². The van der Waals surface area contributed by atoms with E-state index in [1.54, 1.807) is 51.1 Å². The van der Waals surface area contributed by atoms with E-state index in [1.807, 2.05) is 6.92 Å². The Morgan fingerprint density at radius 3 is 2.38 bits per heavy atom. The number of amides is 4. The molecular weight excluding hydrogens is 622 g/mol. The number of nitrogens with one attached hydrogen (secondary N) is 3. The smallest absolute Gasteiger partial charge is 0.408 e. The highest BCUT2D eigenvalue weighted by Crippen LogP contribution is 2.25. The maximum Gasteiger partial charge on any atom is 0.408 e. The fourth-order valence-electron chi connectivity index (χ4n) is 5.71. The number of ether oxygens (including phenoxy) is 3. The highest BCUT2D eigenvalue weighted by Gasteiger charge is 2.43. The highest BCUT2D eigenvalue weighted by molar-refractivity contribution is 6.45. The molecule has 48 heavy (non-hydrogen) atoms. The van der Waals surface area contributed by atoms with Crippen LogP contribution in [0.4, 0.5) is 4.79 Å². The first-order chi connectivity index (χ1) is 22.9. The van der Waals surface area contributed by atoms with Crippen molar-refractivity contribution in [3.05, 3.63) is 35.9 Å². The molecule has 1 saturated carbocycles. The maximum absolute atomic E-state index is 14.3. The van der Waals surface area contributed by atoms with Crippen molar-refractivity contribution in [1.82, 2.24) is 20.9 Å². The number of methoxy groups -OCH3 is 1. The van der Waals surface area contributed by atoms with E-state index in [1.165, 1.54) is 12.0 Å². The van der Waals surface area contributed by atoms with Gasteiger partial charge >= 0.3 is 6.09 Å². The first-order valence-corrected chi connectivity index (χ1v) is 16.7. The van der Waals surface area contributed by atoms with Crippen LogP contribution in [0.15, 0.2) is 35.5 Å². The molecule has 0 radical (unpaired) electrons. The van der Waals surface area contributed by atoms with Gasteiger partial charge in [-0.3, -0.25) is 24.1 Å². The molecule has 2 aliphatic heterocycles. The Morgan fingerprint density at radius 2 is 1.77 bits per heavy atom. The van der Waals surface area contributed by atoms with E-state index < -0.39 is 60.4 Å². The molecule has 1 aliphatic carbocycles. The van der Waals surface area contributed by atoms with Gasteiger partial charge in [0.2, 0.25) is 17.6 Å². The molecule has 1 saturated heterocycles. The minimum absolute atomic E-state index is 0.0151. The monoisotopic (exact) mass is 671 g/mol. The van der Waals surface area contributed by atoms with Crippen LogP contribution in [0.3, 0.4) is 0 Å². The Bertz CT molecular complexity index is 1320. The van der Waals surface area contributed by atoms with Crippen LogP contribution in [-0.4, -0.2) is 104 Å². The molecule has 2 fully saturated rings. The molecule has 1 unspecified atom stereocenters. The first-order valence-electron chi connectivity index (χ1n) is 16.7. The number of nitrogens with zero attached hydrogens (tertiary/aromatic N) is 2. The standard InChI is InChI=1S/C34H49N5O9/c1-6-10-25(28(45-5)31(42)35-22-13-14-22)36-30(41)26-16-15-24(27(40)21-11-8-7-9-12-21)38-47-20-39(26)32(43)29(34(2,3)4)37-33(44)48-23-17-18-46-19-23/h7-9,11-12,22-23,25-26,28-29H,6,10,13-20H2,1-5H3,(H,35,42)(H,36,41)(H,37,44)/b38-24+/t23-,25-,26-,28?,29+/m0/s1. The second-order valence-corrected chi connectivity index (χ2v) is 13.5. The summed E-state index contributed by atoms with van der Waals surface area (Å²) in [5, 5.41) is 12.7. The molecule has 3 N–H and O–H groups in total. The Hall–Kier alpha value is -4.04. The topological polar surface area (TPSA) is 174 Å². The largest absolute Gasteiger partial charge is 0.444 e. The minimum atomic E-state index is -1.15. The number of rotatable bonds is 13. The van der Waals surface area contributed by atoms with Gasteiger partial charge in [0, 0.05) is 25.1 Å². The lowest BCUT2D eigenvalue weighted by Gasteiger charge is -2.38. The van der Waals surface area contributed by atoms with Crippen LogP contribution in [0.2, 0.25) is 0 Å². The van der Waals surface area contributed by atoms with Crippen LogP contribution in [0.25, 0.3) is 0 Å². The Morgan fingerprint density at radius 1 is 1.04 bits per heavy atom. The van der Waals surface area contributed by atoms with Gasteiger partial charge in [-0.25, -0.2) is 4.79 Å². The van der Waals surface area contributed by atoms with Crippen molar-refractivity contribution in [1.29, 1.82) is 0 Å². The van der Waals surface area contributed by atoms with Gasteiger partial charge in [-0.05, 0) is 37.5 Å². The third kappa shape index (κ3) is 9.99. The van der Waals surface area contributed by atoms with Crippen LogP contribution in [-0.2, 0) is 33.4 Å². The number of alkyl carbamates (subject to hydrolysis) is 1. The summed E-state index contributed by atoms with van der Waals surface area (Å²) in [6.45, 7) is 7.54. The molecule has 1 aromatic carbocycles. The predicted molar refractivity (Wildman–Crippen MR) is 175 cm³/mol. The number of hydrogen-bond donors (Lipinski definition) is 3. The third-order valence-corrected chi connectivity index (χ3v) is 8.55. The van der Waals surface area contributed by atoms with E-state index in [0.717, 1.165) is 12.8 Å². The van der Waals surface area contributed by atoms with Crippen LogP contribution in [0.5, 0.6) is 0 Å². The first kappa shape index (κ1) is 36.8. The van der Waals surface area contributed by atoms with Crippen LogP contribution in [0.1, 0.15) is 83.0 Å². The Labute approximate surface area is 281 Å². The zero-order chi connectivity index (χ0) is 34.8. The second kappa shape index (κ2) is 16.9. The lowest BCUT2D eigenvalue weighted by molar-refractivity contribution is -0.152. The SMILES string of the molecule is CCC[C@H](NC(=O)[C@@H]1CC/C(C(=O)c2ccccc2)=N\OCN1C(=O)[C@@H](NC(=O)O[C@H]1CCOC1)C(C)(C)C)C(OC)C(=O)NC1CC1. The molecule has 1 aromatic rings. The van der Waals surface area contributed by atoms with Gasteiger partial charge < -0.3 is 35.0 Å². The van der Waals surface area contributed by atoms with Crippen molar-refractivity contribution in [3.8, 4) is 0 Å². The fraction of sp³-hybridized carbons (Fsp3) is 0.647. The molecule has 4 rings (SSSR count). The van der Waals surface area contributed by atoms with Crippen LogP contribution < -0.4 is 16.0 Å². The van der Waals surface area contributed by atoms with Gasteiger partial charge in [-0.2, -0.15) is 0 Å². The average molecular weight is 672 g/mol. The average Bonchev–Trinajstić information content (AvgIpc) is 3.70. The summed E-state index contributed by atoms with van der Waals surface area (Å²) in [6.07, 6.45) is 1.27. The highest BCUT2D eigenvalue weighted by atomic mass is 16.6. The van der Waals surface area contributed by atoms with Crippen molar-refractivity contribution in [3.63, 3.8) is 0 Å². The lowest BCUT2D eigenvalue weighted by atomic mass is 9.85. The molecular formula is C34H49N5O9. The maximum atomic E-state index is 14.3. The molecule has 14 nitrogen and oxygen atoms in total. The predicted octanol–water partition coefficient (Wildman–Crippen LogP) is 2.70. The number of Topliss-reactive ketones (excluding diaryl/α,β-unsaturated/α-hetero) is 1. The van der Waals surface area contributed by atoms with Gasteiger partial charge in [-0.1, -0.05) is 69.6 Å². The number of ketones is 1. The zero-order valence-electron chi connectivity index (χ0n) is 28.5.